The molecule has 4 nitrogen and oxygen atoms in total. The van der Waals surface area contributed by atoms with Crippen LogP contribution >= 0.6 is 0 Å². The summed E-state index contributed by atoms with van der Waals surface area (Å²) in [5.74, 6) is 0. The van der Waals surface area contributed by atoms with Crippen molar-refractivity contribution < 1.29 is 14.6 Å². The summed E-state index contributed by atoms with van der Waals surface area (Å²) in [5.41, 5.74) is 1.02. The van der Waals surface area contributed by atoms with Gasteiger partial charge in [-0.15, -0.1) is 0 Å². The van der Waals surface area contributed by atoms with Crippen molar-refractivity contribution >= 4 is 6.09 Å². The van der Waals surface area contributed by atoms with Crippen LogP contribution in [0.15, 0.2) is 30.3 Å². The summed E-state index contributed by atoms with van der Waals surface area (Å²) in [7, 11) is 0. The van der Waals surface area contributed by atoms with Crippen molar-refractivity contribution in [2.24, 2.45) is 0 Å². The van der Waals surface area contributed by atoms with E-state index in [0.717, 1.165) is 5.56 Å². The van der Waals surface area contributed by atoms with Gasteiger partial charge in [0, 0.05) is 0 Å². The zero-order chi connectivity index (χ0) is 9.97. The van der Waals surface area contributed by atoms with Gasteiger partial charge in [0.1, 0.15) is 12.8 Å². The second-order valence-corrected chi connectivity index (χ2v) is 3.20. The lowest BCUT2D eigenvalue weighted by molar-refractivity contribution is 0.0853. The summed E-state index contributed by atoms with van der Waals surface area (Å²) in [4.78, 5) is 11.9. The SMILES string of the molecule is O=C(O)N1COC(c2ccccc2)C1. The Morgan fingerprint density at radius 2 is 2.14 bits per heavy atom. The molecule has 1 atom stereocenters. The lowest BCUT2D eigenvalue weighted by Crippen LogP contribution is -2.26. The van der Waals surface area contributed by atoms with Gasteiger partial charge in [-0.05, 0) is 5.56 Å². The van der Waals surface area contributed by atoms with Gasteiger partial charge in [0.05, 0.1) is 6.54 Å². The van der Waals surface area contributed by atoms with Crippen LogP contribution in [0.5, 0.6) is 0 Å². The Morgan fingerprint density at radius 1 is 1.43 bits per heavy atom. The van der Waals surface area contributed by atoms with Crippen molar-refractivity contribution in [2.75, 3.05) is 13.3 Å². The summed E-state index contributed by atoms with van der Waals surface area (Å²) < 4.78 is 5.36. The van der Waals surface area contributed by atoms with E-state index in [-0.39, 0.29) is 12.8 Å². The minimum atomic E-state index is -0.927. The maximum atomic E-state index is 10.6. The first kappa shape index (κ1) is 9.02. The maximum absolute atomic E-state index is 10.6. The zero-order valence-corrected chi connectivity index (χ0v) is 7.59. The van der Waals surface area contributed by atoms with Crippen molar-refractivity contribution in [1.82, 2.24) is 4.90 Å². The Hall–Kier alpha value is -1.55. The van der Waals surface area contributed by atoms with Crippen LogP contribution in [-0.2, 0) is 4.74 Å². The molecule has 14 heavy (non-hydrogen) atoms. The average Bonchev–Trinajstić information content (AvgIpc) is 2.68. The van der Waals surface area contributed by atoms with Crippen LogP contribution in [0.2, 0.25) is 0 Å². The average molecular weight is 193 g/mol. The fraction of sp³-hybridized carbons (Fsp3) is 0.300. The van der Waals surface area contributed by atoms with Crippen LogP contribution in [0, 0.1) is 0 Å². The summed E-state index contributed by atoms with van der Waals surface area (Å²) >= 11 is 0. The number of carboxylic acid groups (broad SMARTS) is 1. The molecule has 74 valence electrons. The van der Waals surface area contributed by atoms with Crippen molar-refractivity contribution in [1.29, 1.82) is 0 Å². The van der Waals surface area contributed by atoms with E-state index in [4.69, 9.17) is 9.84 Å². The number of ether oxygens (including phenoxy) is 1. The van der Waals surface area contributed by atoms with Crippen LogP contribution in [0.25, 0.3) is 0 Å². The standard InChI is InChI=1S/C10H11NO3/c12-10(13)11-6-9(14-7-11)8-4-2-1-3-5-8/h1-5,9H,6-7H2,(H,12,13). The van der Waals surface area contributed by atoms with Crippen LogP contribution in [0.4, 0.5) is 4.79 Å². The molecule has 0 radical (unpaired) electrons. The highest BCUT2D eigenvalue weighted by Gasteiger charge is 2.27. The Kier molecular flexibility index (Phi) is 2.37. The first-order valence-corrected chi connectivity index (χ1v) is 4.42. The van der Waals surface area contributed by atoms with Crippen LogP contribution in [0.3, 0.4) is 0 Å². The Balaban J connectivity index is 2.06. The Bertz CT molecular complexity index is 325. The molecule has 1 fully saturated rings. The fourth-order valence-electron chi connectivity index (χ4n) is 1.49. The molecule has 1 N–H and O–H groups in total. The summed E-state index contributed by atoms with van der Waals surface area (Å²) in [6, 6.07) is 9.64. The minimum absolute atomic E-state index is 0.118. The molecule has 0 spiro atoms. The Morgan fingerprint density at radius 3 is 2.71 bits per heavy atom. The number of nitrogens with zero attached hydrogens (tertiary/aromatic N) is 1. The highest BCUT2D eigenvalue weighted by Crippen LogP contribution is 2.23. The second-order valence-electron chi connectivity index (χ2n) is 3.20. The molecule has 0 aliphatic carbocycles. The van der Waals surface area contributed by atoms with Gasteiger partial charge in [0.15, 0.2) is 0 Å². The molecule has 1 aliphatic rings. The number of hydrogen-bond acceptors (Lipinski definition) is 2. The van der Waals surface area contributed by atoms with E-state index in [9.17, 15) is 4.79 Å². The molecule has 1 saturated heterocycles. The van der Waals surface area contributed by atoms with Gasteiger partial charge in [-0.2, -0.15) is 0 Å². The molecule has 1 aromatic rings. The highest BCUT2D eigenvalue weighted by atomic mass is 16.5. The van der Waals surface area contributed by atoms with Gasteiger partial charge in [0.2, 0.25) is 0 Å². The minimum Gasteiger partial charge on any atom is -0.465 e. The van der Waals surface area contributed by atoms with Crippen LogP contribution in [-0.4, -0.2) is 29.4 Å². The molecule has 1 amide bonds. The van der Waals surface area contributed by atoms with E-state index in [1.165, 1.54) is 4.90 Å². The van der Waals surface area contributed by atoms with E-state index < -0.39 is 6.09 Å². The van der Waals surface area contributed by atoms with E-state index in [1.807, 2.05) is 30.3 Å². The van der Waals surface area contributed by atoms with Crippen LogP contribution in [0.1, 0.15) is 11.7 Å². The van der Waals surface area contributed by atoms with Gasteiger partial charge < -0.3 is 9.84 Å². The van der Waals surface area contributed by atoms with E-state index in [1.54, 1.807) is 0 Å². The third kappa shape index (κ3) is 1.70. The normalized spacial score (nSPS) is 21.1. The number of rotatable bonds is 1. The number of benzene rings is 1. The lowest BCUT2D eigenvalue weighted by Gasteiger charge is -2.09. The predicted molar refractivity (Wildman–Crippen MR) is 49.9 cm³/mol. The molecule has 1 aliphatic heterocycles. The molecular formula is C10H11NO3. The summed E-state index contributed by atoms with van der Waals surface area (Å²) in [6.07, 6.45) is -1.05. The van der Waals surface area contributed by atoms with E-state index >= 15 is 0 Å². The molecule has 0 bridgehead atoms. The molecular weight excluding hydrogens is 182 g/mol. The Labute approximate surface area is 81.7 Å². The quantitative estimate of drug-likeness (QED) is 0.738. The molecule has 0 aromatic heterocycles. The van der Waals surface area contributed by atoms with Gasteiger partial charge >= 0.3 is 6.09 Å². The predicted octanol–water partition coefficient (Wildman–Crippen LogP) is 1.70. The van der Waals surface area contributed by atoms with Crippen molar-refractivity contribution in [3.8, 4) is 0 Å². The third-order valence-corrected chi connectivity index (χ3v) is 2.26. The smallest absolute Gasteiger partial charge is 0.409 e. The first-order chi connectivity index (χ1) is 6.77. The monoisotopic (exact) mass is 193 g/mol. The van der Waals surface area contributed by atoms with E-state index in [0.29, 0.717) is 6.54 Å². The first-order valence-electron chi connectivity index (χ1n) is 4.42. The molecule has 4 heteroatoms. The zero-order valence-electron chi connectivity index (χ0n) is 7.59. The molecule has 0 saturated carbocycles. The molecule has 1 heterocycles. The number of hydrogen-bond donors (Lipinski definition) is 1. The van der Waals surface area contributed by atoms with Crippen molar-refractivity contribution in [3.05, 3.63) is 35.9 Å². The molecule has 1 aromatic carbocycles. The van der Waals surface area contributed by atoms with Gasteiger partial charge in [0.25, 0.3) is 0 Å². The van der Waals surface area contributed by atoms with Crippen molar-refractivity contribution in [3.63, 3.8) is 0 Å². The molecule has 1 unspecified atom stereocenters. The molecule has 2 rings (SSSR count). The summed E-state index contributed by atoms with van der Waals surface area (Å²) in [5, 5.41) is 8.72. The topological polar surface area (TPSA) is 49.8 Å². The second kappa shape index (κ2) is 3.67. The largest absolute Gasteiger partial charge is 0.465 e. The van der Waals surface area contributed by atoms with Gasteiger partial charge in [-0.25, -0.2) is 4.79 Å². The number of amides is 1. The van der Waals surface area contributed by atoms with Gasteiger partial charge in [-0.3, -0.25) is 4.90 Å². The fourth-order valence-corrected chi connectivity index (χ4v) is 1.49. The highest BCUT2D eigenvalue weighted by molar-refractivity contribution is 5.65. The summed E-state index contributed by atoms with van der Waals surface area (Å²) in [6.45, 7) is 0.578. The van der Waals surface area contributed by atoms with Crippen LogP contribution < -0.4 is 0 Å². The van der Waals surface area contributed by atoms with E-state index in [2.05, 4.69) is 0 Å². The number of carbonyl (C=O) groups is 1. The lowest BCUT2D eigenvalue weighted by atomic mass is 10.1. The maximum Gasteiger partial charge on any atom is 0.409 e. The third-order valence-electron chi connectivity index (χ3n) is 2.26. The van der Waals surface area contributed by atoms with Crippen molar-refractivity contribution in [2.45, 2.75) is 6.10 Å². The van der Waals surface area contributed by atoms with Gasteiger partial charge in [-0.1, -0.05) is 30.3 Å².